The van der Waals surface area contributed by atoms with E-state index in [1.54, 1.807) is 14.2 Å². The molecule has 20 heavy (non-hydrogen) atoms. The third-order valence-electron chi connectivity index (χ3n) is 2.98. The van der Waals surface area contributed by atoms with Crippen LogP contribution < -0.4 is 10.1 Å². The van der Waals surface area contributed by atoms with E-state index in [-0.39, 0.29) is 0 Å². The van der Waals surface area contributed by atoms with Crippen molar-refractivity contribution in [2.45, 2.75) is 13.2 Å². The molecule has 0 heterocycles. The first kappa shape index (κ1) is 14.7. The molecule has 0 radical (unpaired) electrons. The molecule has 0 aromatic heterocycles. The van der Waals surface area contributed by atoms with Gasteiger partial charge in [-0.1, -0.05) is 35.9 Å². The molecule has 0 saturated heterocycles. The number of ether oxygens (including phenoxy) is 2. The number of anilines is 1. The highest BCUT2D eigenvalue weighted by Crippen LogP contribution is 2.27. The van der Waals surface area contributed by atoms with E-state index in [9.17, 15) is 0 Å². The standard InChI is InChI=1S/C16H18ClNO2/c1-19-11-13-5-3-12(4-6-13)10-18-14-7-8-16(20-2)15(17)9-14/h3-9,18H,10-11H2,1-2H3. The van der Waals surface area contributed by atoms with Gasteiger partial charge in [-0.05, 0) is 29.3 Å². The van der Waals surface area contributed by atoms with Gasteiger partial charge in [0.15, 0.2) is 0 Å². The van der Waals surface area contributed by atoms with Crippen LogP contribution in [0.3, 0.4) is 0 Å². The number of hydrogen-bond donors (Lipinski definition) is 1. The summed E-state index contributed by atoms with van der Waals surface area (Å²) in [4.78, 5) is 0. The van der Waals surface area contributed by atoms with Gasteiger partial charge in [-0.2, -0.15) is 0 Å². The number of methoxy groups -OCH3 is 2. The van der Waals surface area contributed by atoms with Crippen LogP contribution in [-0.4, -0.2) is 14.2 Å². The molecule has 0 aliphatic rings. The van der Waals surface area contributed by atoms with Crippen molar-refractivity contribution in [3.8, 4) is 5.75 Å². The summed E-state index contributed by atoms with van der Waals surface area (Å²) in [7, 11) is 3.30. The molecule has 0 aliphatic carbocycles. The molecular weight excluding hydrogens is 274 g/mol. The van der Waals surface area contributed by atoms with Crippen molar-refractivity contribution in [3.63, 3.8) is 0 Å². The summed E-state index contributed by atoms with van der Waals surface area (Å²) in [6.45, 7) is 1.39. The van der Waals surface area contributed by atoms with E-state index in [0.29, 0.717) is 17.4 Å². The van der Waals surface area contributed by atoms with Crippen molar-refractivity contribution in [2.24, 2.45) is 0 Å². The average molecular weight is 292 g/mol. The van der Waals surface area contributed by atoms with Gasteiger partial charge in [0.2, 0.25) is 0 Å². The molecule has 2 aromatic rings. The minimum atomic E-state index is 0.605. The Kier molecular flexibility index (Phi) is 5.27. The van der Waals surface area contributed by atoms with Crippen LogP contribution in [0.5, 0.6) is 5.75 Å². The lowest BCUT2D eigenvalue weighted by Gasteiger charge is -2.09. The first-order chi connectivity index (χ1) is 9.72. The molecule has 0 atom stereocenters. The summed E-state index contributed by atoms with van der Waals surface area (Å²) < 4.78 is 10.2. The van der Waals surface area contributed by atoms with Crippen molar-refractivity contribution in [1.29, 1.82) is 0 Å². The summed E-state index contributed by atoms with van der Waals surface area (Å²) in [6.07, 6.45) is 0. The second kappa shape index (κ2) is 7.17. The average Bonchev–Trinajstić information content (AvgIpc) is 2.47. The lowest BCUT2D eigenvalue weighted by atomic mass is 10.1. The van der Waals surface area contributed by atoms with Crippen molar-refractivity contribution < 1.29 is 9.47 Å². The predicted molar refractivity (Wildman–Crippen MR) is 82.5 cm³/mol. The lowest BCUT2D eigenvalue weighted by molar-refractivity contribution is 0.185. The Morgan fingerprint density at radius 2 is 1.70 bits per heavy atom. The summed E-state index contributed by atoms with van der Waals surface area (Å²) in [5.41, 5.74) is 3.34. The SMILES string of the molecule is COCc1ccc(CNc2ccc(OC)c(Cl)c2)cc1. The third kappa shape index (κ3) is 3.89. The Balaban J connectivity index is 1.96. The van der Waals surface area contributed by atoms with Gasteiger partial charge in [0.05, 0.1) is 18.7 Å². The van der Waals surface area contributed by atoms with Gasteiger partial charge < -0.3 is 14.8 Å². The van der Waals surface area contributed by atoms with Crippen LogP contribution >= 0.6 is 11.6 Å². The fourth-order valence-electron chi connectivity index (χ4n) is 1.90. The highest BCUT2D eigenvalue weighted by Gasteiger charge is 2.01. The fourth-order valence-corrected chi connectivity index (χ4v) is 2.16. The second-order valence-corrected chi connectivity index (χ2v) is 4.86. The zero-order valence-electron chi connectivity index (χ0n) is 11.7. The van der Waals surface area contributed by atoms with E-state index in [1.165, 1.54) is 11.1 Å². The Morgan fingerprint density at radius 3 is 2.30 bits per heavy atom. The van der Waals surface area contributed by atoms with Gasteiger partial charge in [-0.25, -0.2) is 0 Å². The lowest BCUT2D eigenvalue weighted by Crippen LogP contribution is -2.00. The van der Waals surface area contributed by atoms with Crippen LogP contribution in [0.25, 0.3) is 0 Å². The van der Waals surface area contributed by atoms with E-state index in [2.05, 4.69) is 29.6 Å². The number of rotatable bonds is 6. The van der Waals surface area contributed by atoms with Crippen molar-refractivity contribution in [3.05, 3.63) is 58.6 Å². The molecular formula is C16H18ClNO2. The number of nitrogens with one attached hydrogen (secondary N) is 1. The monoisotopic (exact) mass is 291 g/mol. The van der Waals surface area contributed by atoms with Crippen molar-refractivity contribution in [2.75, 3.05) is 19.5 Å². The Labute approximate surface area is 124 Å². The molecule has 2 rings (SSSR count). The maximum absolute atomic E-state index is 6.09. The van der Waals surface area contributed by atoms with E-state index < -0.39 is 0 Å². The summed E-state index contributed by atoms with van der Waals surface area (Å²) in [5, 5.41) is 3.94. The molecule has 0 saturated carbocycles. The van der Waals surface area contributed by atoms with Crippen molar-refractivity contribution in [1.82, 2.24) is 0 Å². The first-order valence-corrected chi connectivity index (χ1v) is 6.75. The van der Waals surface area contributed by atoms with Gasteiger partial charge in [-0.15, -0.1) is 0 Å². The highest BCUT2D eigenvalue weighted by atomic mass is 35.5. The first-order valence-electron chi connectivity index (χ1n) is 6.37. The quantitative estimate of drug-likeness (QED) is 0.869. The van der Waals surface area contributed by atoms with Gasteiger partial charge >= 0.3 is 0 Å². The van der Waals surface area contributed by atoms with Crippen LogP contribution in [0, 0.1) is 0 Å². The van der Waals surface area contributed by atoms with Crippen LogP contribution in [-0.2, 0) is 17.9 Å². The maximum Gasteiger partial charge on any atom is 0.137 e. The van der Waals surface area contributed by atoms with Gasteiger partial charge in [-0.3, -0.25) is 0 Å². The Hall–Kier alpha value is -1.71. The highest BCUT2D eigenvalue weighted by molar-refractivity contribution is 6.32. The molecule has 0 amide bonds. The molecule has 0 spiro atoms. The molecule has 1 N–H and O–H groups in total. The smallest absolute Gasteiger partial charge is 0.137 e. The minimum absolute atomic E-state index is 0.605. The fraction of sp³-hybridized carbons (Fsp3) is 0.250. The van der Waals surface area contributed by atoms with Gasteiger partial charge in [0.25, 0.3) is 0 Å². The number of halogens is 1. The van der Waals surface area contributed by atoms with Crippen LogP contribution in [0.15, 0.2) is 42.5 Å². The summed E-state index contributed by atoms with van der Waals surface area (Å²) >= 11 is 6.09. The van der Waals surface area contributed by atoms with E-state index in [1.807, 2.05) is 18.2 Å². The topological polar surface area (TPSA) is 30.5 Å². The van der Waals surface area contributed by atoms with E-state index in [4.69, 9.17) is 21.1 Å². The molecule has 0 aliphatic heterocycles. The Bertz CT molecular complexity index is 555. The van der Waals surface area contributed by atoms with Crippen LogP contribution in [0.4, 0.5) is 5.69 Å². The molecule has 0 bridgehead atoms. The van der Waals surface area contributed by atoms with Crippen LogP contribution in [0.1, 0.15) is 11.1 Å². The molecule has 0 unspecified atom stereocenters. The zero-order valence-corrected chi connectivity index (χ0v) is 12.4. The van der Waals surface area contributed by atoms with E-state index in [0.717, 1.165) is 12.2 Å². The largest absolute Gasteiger partial charge is 0.495 e. The third-order valence-corrected chi connectivity index (χ3v) is 3.28. The summed E-state index contributed by atoms with van der Waals surface area (Å²) in [6, 6.07) is 14.0. The number of hydrogen-bond acceptors (Lipinski definition) is 3. The van der Waals surface area contributed by atoms with Gasteiger partial charge in [0.1, 0.15) is 5.75 Å². The van der Waals surface area contributed by atoms with E-state index >= 15 is 0 Å². The molecule has 106 valence electrons. The zero-order chi connectivity index (χ0) is 14.4. The number of benzene rings is 2. The molecule has 0 fully saturated rings. The van der Waals surface area contributed by atoms with Crippen molar-refractivity contribution >= 4 is 17.3 Å². The minimum Gasteiger partial charge on any atom is -0.495 e. The summed E-state index contributed by atoms with van der Waals surface area (Å²) in [5.74, 6) is 0.682. The molecule has 3 nitrogen and oxygen atoms in total. The predicted octanol–water partition coefficient (Wildman–Crippen LogP) is 4.11. The second-order valence-electron chi connectivity index (χ2n) is 4.45. The normalized spacial score (nSPS) is 10.3. The molecule has 4 heteroatoms. The van der Waals surface area contributed by atoms with Gasteiger partial charge in [0, 0.05) is 19.3 Å². The molecule has 2 aromatic carbocycles. The van der Waals surface area contributed by atoms with Crippen LogP contribution in [0.2, 0.25) is 5.02 Å². The Morgan fingerprint density at radius 1 is 1.00 bits per heavy atom. The maximum atomic E-state index is 6.09.